The number of carbonyl (C=O) groups is 1. The maximum atomic E-state index is 10.5. The molecule has 1 N–H and O–H groups in total. The van der Waals surface area contributed by atoms with Crippen LogP contribution in [0.3, 0.4) is 0 Å². The van der Waals surface area contributed by atoms with E-state index in [1.54, 1.807) is 11.8 Å². The van der Waals surface area contributed by atoms with Gasteiger partial charge in [-0.25, -0.2) is 0 Å². The molecule has 0 rings (SSSR count). The zero-order valence-electron chi connectivity index (χ0n) is 5.96. The minimum atomic E-state index is -0.826. The smallest absolute Gasteiger partial charge is 0.322 e. The molecular formula is C5H9Br2NO2S. The van der Waals surface area contributed by atoms with Crippen LogP contribution in [0.5, 0.6) is 0 Å². The molecule has 0 aromatic heterocycles. The van der Waals surface area contributed by atoms with Gasteiger partial charge in [0.2, 0.25) is 0 Å². The number of carboxylic acid groups (broad SMARTS) is 1. The quantitative estimate of drug-likeness (QED) is 0.790. The maximum absolute atomic E-state index is 10.5. The molecular weight excluding hydrogens is 298 g/mol. The first-order valence-corrected chi connectivity index (χ1v) is 5.73. The summed E-state index contributed by atoms with van der Waals surface area (Å²) < 4.78 is 1.36. The van der Waals surface area contributed by atoms with Gasteiger partial charge in [-0.05, 0) is 18.4 Å². The van der Waals surface area contributed by atoms with Gasteiger partial charge in [-0.15, -0.1) is 0 Å². The minimum Gasteiger partial charge on any atom is -0.480 e. The number of carboxylic acids is 1. The van der Waals surface area contributed by atoms with Crippen LogP contribution >= 0.6 is 44.1 Å². The summed E-state index contributed by atoms with van der Waals surface area (Å²) >= 11 is 7.70. The van der Waals surface area contributed by atoms with Crippen molar-refractivity contribution >= 4 is 50.0 Å². The maximum Gasteiger partial charge on any atom is 0.322 e. The van der Waals surface area contributed by atoms with Gasteiger partial charge in [0.25, 0.3) is 0 Å². The fourth-order valence-corrected chi connectivity index (χ4v) is 1.75. The van der Waals surface area contributed by atoms with Crippen molar-refractivity contribution in [2.24, 2.45) is 0 Å². The molecule has 1 atom stereocenters. The normalized spacial score (nSPS) is 13.5. The Morgan fingerprint density at radius 3 is 2.55 bits per heavy atom. The molecule has 6 heteroatoms. The average Bonchev–Trinajstić information content (AvgIpc) is 1.87. The van der Waals surface area contributed by atoms with Crippen molar-refractivity contribution in [3.8, 4) is 0 Å². The molecule has 0 spiro atoms. The van der Waals surface area contributed by atoms with E-state index in [9.17, 15) is 4.79 Å². The second-order valence-corrected chi connectivity index (χ2v) is 5.36. The standard InChI is InChI=1S/C5H9Br2NO2S/c1-11-3-2-4(5(9)10)8(6)7/h4H,2-3H2,1H3,(H,9,10). The Labute approximate surface area is 87.2 Å². The Balaban J connectivity index is 3.80. The molecule has 1 unspecified atom stereocenters. The Bertz CT molecular complexity index is 134. The highest BCUT2D eigenvalue weighted by Gasteiger charge is 2.21. The van der Waals surface area contributed by atoms with E-state index in [0.29, 0.717) is 6.42 Å². The highest BCUT2D eigenvalue weighted by molar-refractivity contribution is 9.21. The first kappa shape index (κ1) is 11.7. The zero-order chi connectivity index (χ0) is 8.85. The van der Waals surface area contributed by atoms with Gasteiger partial charge in [-0.1, -0.05) is 0 Å². The number of nitrogens with zero attached hydrogens (tertiary/aromatic N) is 1. The van der Waals surface area contributed by atoms with Crippen molar-refractivity contribution in [2.75, 3.05) is 12.0 Å². The van der Waals surface area contributed by atoms with Crippen LogP contribution in [-0.2, 0) is 4.79 Å². The van der Waals surface area contributed by atoms with Gasteiger partial charge in [0.05, 0.1) is 0 Å². The van der Waals surface area contributed by atoms with E-state index in [4.69, 9.17) is 5.11 Å². The molecule has 0 aromatic carbocycles. The summed E-state index contributed by atoms with van der Waals surface area (Å²) in [5.74, 6) is 0.0119. The molecule has 0 bridgehead atoms. The van der Waals surface area contributed by atoms with Crippen molar-refractivity contribution in [3.63, 3.8) is 0 Å². The molecule has 0 aromatic rings. The lowest BCUT2D eigenvalue weighted by molar-refractivity contribution is -0.139. The average molecular weight is 307 g/mol. The van der Waals surface area contributed by atoms with Gasteiger partial charge >= 0.3 is 5.97 Å². The number of aliphatic carboxylic acids is 1. The summed E-state index contributed by atoms with van der Waals surface area (Å²) in [6, 6.07) is -0.498. The molecule has 0 aliphatic rings. The Morgan fingerprint density at radius 2 is 2.27 bits per heavy atom. The van der Waals surface area contributed by atoms with Gasteiger partial charge in [0.15, 0.2) is 0 Å². The van der Waals surface area contributed by atoms with E-state index < -0.39 is 12.0 Å². The molecule has 0 saturated heterocycles. The molecule has 3 nitrogen and oxygen atoms in total. The molecule has 0 saturated carbocycles. The predicted octanol–water partition coefficient (Wildman–Crippen LogP) is 2.11. The second kappa shape index (κ2) is 6.28. The van der Waals surface area contributed by atoms with E-state index in [-0.39, 0.29) is 0 Å². The van der Waals surface area contributed by atoms with E-state index in [1.807, 2.05) is 6.26 Å². The number of halogens is 2. The molecule has 66 valence electrons. The molecule has 0 fully saturated rings. The lowest BCUT2D eigenvalue weighted by Gasteiger charge is -2.14. The lowest BCUT2D eigenvalue weighted by Crippen LogP contribution is -2.29. The lowest BCUT2D eigenvalue weighted by atomic mass is 10.2. The number of hydrogen-bond acceptors (Lipinski definition) is 3. The number of thioether (sulfide) groups is 1. The SMILES string of the molecule is CSCCC(C(=O)O)N(Br)Br. The second-order valence-electron chi connectivity index (χ2n) is 1.89. The number of hydrogen-bond donors (Lipinski definition) is 1. The van der Waals surface area contributed by atoms with Crippen LogP contribution in [0.1, 0.15) is 6.42 Å². The van der Waals surface area contributed by atoms with Crippen LogP contribution in [0.2, 0.25) is 0 Å². The first-order chi connectivity index (χ1) is 5.09. The fraction of sp³-hybridized carbons (Fsp3) is 0.800. The van der Waals surface area contributed by atoms with Crippen molar-refractivity contribution in [1.82, 2.24) is 2.95 Å². The summed E-state index contributed by atoms with van der Waals surface area (Å²) in [6.07, 6.45) is 2.57. The van der Waals surface area contributed by atoms with Gasteiger partial charge in [0.1, 0.15) is 6.04 Å². The molecule has 0 heterocycles. The highest BCUT2D eigenvalue weighted by Crippen LogP contribution is 2.16. The third-order valence-electron chi connectivity index (χ3n) is 1.12. The topological polar surface area (TPSA) is 40.5 Å². The number of rotatable bonds is 5. The van der Waals surface area contributed by atoms with Gasteiger partial charge < -0.3 is 5.11 Å². The van der Waals surface area contributed by atoms with Crippen LogP contribution < -0.4 is 0 Å². The summed E-state index contributed by atoms with van der Waals surface area (Å²) in [7, 11) is 0. The largest absolute Gasteiger partial charge is 0.480 e. The van der Waals surface area contributed by atoms with Crippen molar-refractivity contribution in [2.45, 2.75) is 12.5 Å². The molecule has 11 heavy (non-hydrogen) atoms. The van der Waals surface area contributed by atoms with Gasteiger partial charge in [-0.2, -0.15) is 14.7 Å². The summed E-state index contributed by atoms with van der Waals surface area (Å²) in [6.45, 7) is 0. The zero-order valence-corrected chi connectivity index (χ0v) is 9.95. The Hall–Kier alpha value is 0.740. The van der Waals surface area contributed by atoms with E-state index in [1.165, 1.54) is 2.95 Å². The van der Waals surface area contributed by atoms with Crippen LogP contribution in [0.4, 0.5) is 0 Å². The fourth-order valence-electron chi connectivity index (χ4n) is 0.534. The van der Waals surface area contributed by atoms with E-state index >= 15 is 0 Å². The van der Waals surface area contributed by atoms with E-state index in [0.717, 1.165) is 5.75 Å². The van der Waals surface area contributed by atoms with Crippen molar-refractivity contribution < 1.29 is 9.90 Å². The Kier molecular flexibility index (Phi) is 6.70. The molecule has 0 aliphatic carbocycles. The molecule has 0 aliphatic heterocycles. The molecule has 0 amide bonds. The monoisotopic (exact) mass is 305 g/mol. The van der Waals surface area contributed by atoms with Crippen LogP contribution in [0, 0.1) is 0 Å². The van der Waals surface area contributed by atoms with Crippen LogP contribution in [0.25, 0.3) is 0 Å². The van der Waals surface area contributed by atoms with Gasteiger partial charge in [-0.3, -0.25) is 4.79 Å². The van der Waals surface area contributed by atoms with E-state index in [2.05, 4.69) is 32.3 Å². The minimum absolute atomic E-state index is 0.498. The third-order valence-corrected chi connectivity index (χ3v) is 2.75. The van der Waals surface area contributed by atoms with Crippen molar-refractivity contribution in [1.29, 1.82) is 0 Å². The van der Waals surface area contributed by atoms with Crippen LogP contribution in [0.15, 0.2) is 0 Å². The summed E-state index contributed by atoms with van der Waals surface area (Å²) in [4.78, 5) is 10.5. The Morgan fingerprint density at radius 1 is 1.73 bits per heavy atom. The van der Waals surface area contributed by atoms with Crippen molar-refractivity contribution in [3.05, 3.63) is 0 Å². The van der Waals surface area contributed by atoms with Gasteiger partial charge in [0, 0.05) is 32.3 Å². The first-order valence-electron chi connectivity index (χ1n) is 2.92. The summed E-state index contributed by atoms with van der Waals surface area (Å²) in [5, 5.41) is 8.66. The molecule has 0 radical (unpaired) electrons. The predicted molar refractivity (Wildman–Crippen MR) is 54.1 cm³/mol. The van der Waals surface area contributed by atoms with Crippen LogP contribution in [-0.4, -0.2) is 32.1 Å². The summed E-state index contributed by atoms with van der Waals surface area (Å²) in [5.41, 5.74) is 0. The third kappa shape index (κ3) is 5.05. The highest BCUT2D eigenvalue weighted by atomic mass is 79.9.